The standard InChI is InChI=1S/C9H17NOS.ClH/c1-4-10-9(11-5-1)8-2-6-12-7-3-8;/h8-10H,1-7H2;1H. The number of hydrogen-bond donors (Lipinski definition) is 1. The van der Waals surface area contributed by atoms with Crippen molar-refractivity contribution >= 4 is 24.2 Å². The molecule has 2 aliphatic rings. The number of ether oxygens (including phenoxy) is 1. The lowest BCUT2D eigenvalue weighted by atomic mass is 10.00. The number of nitrogens with one attached hydrogen (secondary N) is 1. The lowest BCUT2D eigenvalue weighted by Gasteiger charge is -2.33. The van der Waals surface area contributed by atoms with Crippen LogP contribution in [0.4, 0.5) is 0 Å². The molecule has 2 fully saturated rings. The Bertz CT molecular complexity index is 120. The van der Waals surface area contributed by atoms with Crippen LogP contribution in [0.3, 0.4) is 0 Å². The van der Waals surface area contributed by atoms with Crippen molar-refractivity contribution in [1.82, 2.24) is 5.32 Å². The number of rotatable bonds is 1. The van der Waals surface area contributed by atoms with Crippen molar-refractivity contribution in [2.75, 3.05) is 24.7 Å². The van der Waals surface area contributed by atoms with E-state index in [2.05, 4.69) is 17.1 Å². The van der Waals surface area contributed by atoms with E-state index in [1.807, 2.05) is 0 Å². The molecule has 4 heteroatoms. The van der Waals surface area contributed by atoms with Crippen LogP contribution >= 0.6 is 24.2 Å². The zero-order valence-electron chi connectivity index (χ0n) is 7.83. The van der Waals surface area contributed by atoms with Crippen LogP contribution in [0.1, 0.15) is 19.3 Å². The summed E-state index contributed by atoms with van der Waals surface area (Å²) in [6.45, 7) is 2.11. The molecule has 13 heavy (non-hydrogen) atoms. The lowest BCUT2D eigenvalue weighted by molar-refractivity contribution is -0.0378. The van der Waals surface area contributed by atoms with E-state index in [0.29, 0.717) is 6.23 Å². The molecule has 0 saturated carbocycles. The monoisotopic (exact) mass is 223 g/mol. The summed E-state index contributed by atoms with van der Waals surface area (Å²) in [4.78, 5) is 0. The molecule has 1 unspecified atom stereocenters. The molecule has 78 valence electrons. The van der Waals surface area contributed by atoms with Crippen molar-refractivity contribution in [1.29, 1.82) is 0 Å². The predicted molar refractivity (Wildman–Crippen MR) is 59.7 cm³/mol. The minimum absolute atomic E-state index is 0. The number of hydrogen-bond acceptors (Lipinski definition) is 3. The van der Waals surface area contributed by atoms with Crippen molar-refractivity contribution in [3.63, 3.8) is 0 Å². The minimum Gasteiger partial charge on any atom is -0.363 e. The van der Waals surface area contributed by atoms with Crippen LogP contribution < -0.4 is 5.32 Å². The summed E-state index contributed by atoms with van der Waals surface area (Å²) in [7, 11) is 0. The largest absolute Gasteiger partial charge is 0.363 e. The SMILES string of the molecule is C1CNC(C2CCSCC2)OC1.Cl. The van der Waals surface area contributed by atoms with E-state index in [1.54, 1.807) is 0 Å². The molecule has 0 radical (unpaired) electrons. The van der Waals surface area contributed by atoms with Crippen LogP contribution in [0.25, 0.3) is 0 Å². The Morgan fingerprint density at radius 2 is 2.00 bits per heavy atom. The Hall–Kier alpha value is 0.560. The molecule has 0 amide bonds. The van der Waals surface area contributed by atoms with Crippen molar-refractivity contribution < 1.29 is 4.74 Å². The molecule has 0 aromatic carbocycles. The van der Waals surface area contributed by atoms with Gasteiger partial charge in [0.25, 0.3) is 0 Å². The first-order chi connectivity index (χ1) is 5.97. The van der Waals surface area contributed by atoms with Gasteiger partial charge in [0, 0.05) is 12.5 Å². The highest BCUT2D eigenvalue weighted by Crippen LogP contribution is 2.26. The molecule has 2 nitrogen and oxygen atoms in total. The first-order valence-electron chi connectivity index (χ1n) is 4.89. The smallest absolute Gasteiger partial charge is 0.111 e. The fraction of sp³-hybridized carbons (Fsp3) is 1.00. The summed E-state index contributed by atoms with van der Waals surface area (Å²) in [5.74, 6) is 3.44. The Balaban J connectivity index is 0.000000845. The van der Waals surface area contributed by atoms with Crippen LogP contribution in [0.5, 0.6) is 0 Å². The van der Waals surface area contributed by atoms with Crippen LogP contribution in [0, 0.1) is 5.92 Å². The van der Waals surface area contributed by atoms with E-state index in [4.69, 9.17) is 4.74 Å². The van der Waals surface area contributed by atoms with E-state index in [-0.39, 0.29) is 12.4 Å². The maximum Gasteiger partial charge on any atom is 0.111 e. The Morgan fingerprint density at radius 3 is 2.62 bits per heavy atom. The number of halogens is 1. The van der Waals surface area contributed by atoms with Crippen LogP contribution in [-0.4, -0.2) is 30.9 Å². The minimum atomic E-state index is 0. The Kier molecular flexibility index (Phi) is 5.48. The van der Waals surface area contributed by atoms with Crippen LogP contribution in [0.2, 0.25) is 0 Å². The van der Waals surface area contributed by atoms with E-state index in [1.165, 1.54) is 30.8 Å². The molecule has 1 N–H and O–H groups in total. The molecule has 0 bridgehead atoms. The molecule has 1 atom stereocenters. The van der Waals surface area contributed by atoms with E-state index >= 15 is 0 Å². The predicted octanol–water partition coefficient (Wildman–Crippen LogP) is 1.89. The van der Waals surface area contributed by atoms with Gasteiger partial charge in [-0.25, -0.2) is 0 Å². The quantitative estimate of drug-likeness (QED) is 0.734. The summed E-state index contributed by atoms with van der Waals surface area (Å²) < 4.78 is 5.70. The average Bonchev–Trinajstić information content (AvgIpc) is 2.21. The summed E-state index contributed by atoms with van der Waals surface area (Å²) in [5.41, 5.74) is 0. The second-order valence-corrected chi connectivity index (χ2v) is 4.77. The summed E-state index contributed by atoms with van der Waals surface area (Å²) in [5, 5.41) is 3.46. The molecule has 0 aliphatic carbocycles. The molecular weight excluding hydrogens is 206 g/mol. The summed E-state index contributed by atoms with van der Waals surface area (Å²) >= 11 is 2.08. The average molecular weight is 224 g/mol. The van der Waals surface area contributed by atoms with E-state index in [9.17, 15) is 0 Å². The van der Waals surface area contributed by atoms with Crippen molar-refractivity contribution in [2.24, 2.45) is 5.92 Å². The van der Waals surface area contributed by atoms with Crippen LogP contribution in [-0.2, 0) is 4.74 Å². The summed E-state index contributed by atoms with van der Waals surface area (Å²) in [6, 6.07) is 0. The molecular formula is C9H18ClNOS. The highest BCUT2D eigenvalue weighted by atomic mass is 35.5. The summed E-state index contributed by atoms with van der Waals surface area (Å²) in [6.07, 6.45) is 4.22. The molecule has 0 aromatic rings. The molecule has 0 spiro atoms. The van der Waals surface area contributed by atoms with Gasteiger partial charge in [-0.05, 0) is 37.3 Å². The van der Waals surface area contributed by atoms with Gasteiger partial charge in [0.1, 0.15) is 6.23 Å². The Morgan fingerprint density at radius 1 is 1.23 bits per heavy atom. The van der Waals surface area contributed by atoms with Gasteiger partial charge in [0.2, 0.25) is 0 Å². The molecule has 2 aliphatic heterocycles. The lowest BCUT2D eigenvalue weighted by Crippen LogP contribution is -2.44. The zero-order valence-corrected chi connectivity index (χ0v) is 9.46. The van der Waals surface area contributed by atoms with Crippen LogP contribution in [0.15, 0.2) is 0 Å². The third-order valence-corrected chi connectivity index (χ3v) is 3.71. The molecule has 2 rings (SSSR count). The topological polar surface area (TPSA) is 21.3 Å². The van der Waals surface area contributed by atoms with Gasteiger partial charge in [-0.15, -0.1) is 12.4 Å². The molecule has 2 saturated heterocycles. The fourth-order valence-electron chi connectivity index (χ4n) is 1.91. The Labute approximate surface area is 90.6 Å². The van der Waals surface area contributed by atoms with Gasteiger partial charge in [-0.3, -0.25) is 5.32 Å². The maximum atomic E-state index is 5.70. The van der Waals surface area contributed by atoms with Crippen molar-refractivity contribution in [3.05, 3.63) is 0 Å². The van der Waals surface area contributed by atoms with Gasteiger partial charge in [0.15, 0.2) is 0 Å². The van der Waals surface area contributed by atoms with E-state index < -0.39 is 0 Å². The second kappa shape index (κ2) is 6.12. The van der Waals surface area contributed by atoms with Gasteiger partial charge < -0.3 is 4.74 Å². The highest BCUT2D eigenvalue weighted by molar-refractivity contribution is 7.99. The third-order valence-electron chi connectivity index (χ3n) is 2.66. The maximum absolute atomic E-state index is 5.70. The van der Waals surface area contributed by atoms with Crippen molar-refractivity contribution in [2.45, 2.75) is 25.5 Å². The van der Waals surface area contributed by atoms with Gasteiger partial charge in [0.05, 0.1) is 0 Å². The fourth-order valence-corrected chi connectivity index (χ4v) is 3.05. The first-order valence-corrected chi connectivity index (χ1v) is 6.05. The first kappa shape index (κ1) is 11.6. The third kappa shape index (κ3) is 3.31. The highest BCUT2D eigenvalue weighted by Gasteiger charge is 2.25. The zero-order chi connectivity index (χ0) is 8.23. The molecule has 2 heterocycles. The number of thioether (sulfide) groups is 1. The van der Waals surface area contributed by atoms with Crippen molar-refractivity contribution in [3.8, 4) is 0 Å². The normalized spacial score (nSPS) is 30.9. The molecule has 0 aromatic heterocycles. The van der Waals surface area contributed by atoms with Gasteiger partial charge in [-0.2, -0.15) is 11.8 Å². The van der Waals surface area contributed by atoms with Gasteiger partial charge >= 0.3 is 0 Å². The van der Waals surface area contributed by atoms with E-state index in [0.717, 1.165) is 19.1 Å². The second-order valence-electron chi connectivity index (χ2n) is 3.55. The van der Waals surface area contributed by atoms with Gasteiger partial charge in [-0.1, -0.05) is 0 Å².